The van der Waals surface area contributed by atoms with Crippen LogP contribution in [0.3, 0.4) is 0 Å². The largest absolute Gasteiger partial charge is 0.341 e. The van der Waals surface area contributed by atoms with Gasteiger partial charge >= 0.3 is 0 Å². The number of fused-ring (bicyclic) bond motifs is 1. The highest BCUT2D eigenvalue weighted by molar-refractivity contribution is 5.80. The molecule has 0 saturated heterocycles. The molecule has 3 rings (SSSR count). The van der Waals surface area contributed by atoms with E-state index in [1.54, 1.807) is 12.3 Å². The molecule has 0 aliphatic carbocycles. The minimum absolute atomic E-state index is 0.0236. The van der Waals surface area contributed by atoms with Gasteiger partial charge in [-0.1, -0.05) is 17.7 Å². The van der Waals surface area contributed by atoms with Crippen LogP contribution in [-0.2, 0) is 6.54 Å². The quantitative estimate of drug-likeness (QED) is 0.717. The molecule has 0 bridgehead atoms. The van der Waals surface area contributed by atoms with Gasteiger partial charge in [0.2, 0.25) is 5.43 Å². The number of aromatic nitrogens is 1. The van der Waals surface area contributed by atoms with Crippen LogP contribution in [0.25, 0.3) is 10.9 Å². The molecule has 2 aromatic carbocycles. The maximum Gasteiger partial charge on any atom is 0.207 e. The fourth-order valence-electron chi connectivity index (χ4n) is 3.21. The van der Waals surface area contributed by atoms with Gasteiger partial charge in [0.15, 0.2) is 0 Å². The van der Waals surface area contributed by atoms with E-state index in [1.807, 2.05) is 24.5 Å². The topological polar surface area (TPSA) is 45.8 Å². The first-order valence-corrected chi connectivity index (χ1v) is 7.70. The van der Waals surface area contributed by atoms with Gasteiger partial charge in [-0.05, 0) is 55.7 Å². The van der Waals surface area contributed by atoms with Gasteiger partial charge in [-0.15, -0.1) is 0 Å². The number of pyridine rings is 1. The Kier molecular flexibility index (Phi) is 3.94. The van der Waals surface area contributed by atoms with Crippen molar-refractivity contribution in [2.45, 2.75) is 27.3 Å². The van der Waals surface area contributed by atoms with Gasteiger partial charge in [0, 0.05) is 18.1 Å². The molecule has 4 heteroatoms. The van der Waals surface area contributed by atoms with E-state index in [0.29, 0.717) is 12.1 Å². The highest BCUT2D eigenvalue weighted by atomic mass is 19.1. The number of hydrogen-bond donors (Lipinski definition) is 0. The van der Waals surface area contributed by atoms with Crippen LogP contribution in [0.4, 0.5) is 4.39 Å². The zero-order valence-electron chi connectivity index (χ0n) is 13.9. The van der Waals surface area contributed by atoms with Gasteiger partial charge in [0.1, 0.15) is 17.4 Å². The fraction of sp³-hybridized carbons (Fsp3) is 0.200. The second kappa shape index (κ2) is 5.93. The lowest BCUT2D eigenvalue weighted by molar-refractivity contribution is 0.629. The molecule has 0 aliphatic heterocycles. The number of nitriles is 1. The van der Waals surface area contributed by atoms with Crippen molar-refractivity contribution in [2.75, 3.05) is 0 Å². The summed E-state index contributed by atoms with van der Waals surface area (Å²) in [4.78, 5) is 12.3. The van der Waals surface area contributed by atoms with E-state index in [2.05, 4.69) is 19.1 Å². The predicted octanol–water partition coefficient (Wildman–Crippen LogP) is 3.99. The van der Waals surface area contributed by atoms with E-state index in [0.717, 1.165) is 16.7 Å². The molecule has 0 N–H and O–H groups in total. The second-order valence-corrected chi connectivity index (χ2v) is 6.15. The number of aryl methyl sites for hydroxylation is 3. The Morgan fingerprint density at radius 3 is 2.42 bits per heavy atom. The monoisotopic (exact) mass is 320 g/mol. The van der Waals surface area contributed by atoms with E-state index < -0.39 is 11.2 Å². The van der Waals surface area contributed by atoms with Gasteiger partial charge in [0.25, 0.3) is 0 Å². The lowest BCUT2D eigenvalue weighted by atomic mass is 9.99. The maximum atomic E-state index is 13.6. The molecule has 3 nitrogen and oxygen atoms in total. The molecule has 24 heavy (non-hydrogen) atoms. The Hall–Kier alpha value is -2.93. The molecule has 0 spiro atoms. The summed E-state index contributed by atoms with van der Waals surface area (Å²) in [6, 6.07) is 10.3. The summed E-state index contributed by atoms with van der Waals surface area (Å²) in [5, 5.41) is 9.46. The third-order valence-corrected chi connectivity index (χ3v) is 4.33. The van der Waals surface area contributed by atoms with Crippen LogP contribution >= 0.6 is 0 Å². The minimum Gasteiger partial charge on any atom is -0.341 e. The van der Waals surface area contributed by atoms with Gasteiger partial charge in [-0.25, -0.2) is 4.39 Å². The first-order valence-electron chi connectivity index (χ1n) is 7.70. The van der Waals surface area contributed by atoms with Crippen LogP contribution in [0.1, 0.15) is 27.8 Å². The highest BCUT2D eigenvalue weighted by Crippen LogP contribution is 2.21. The Bertz CT molecular complexity index is 1030. The summed E-state index contributed by atoms with van der Waals surface area (Å²) in [6.07, 6.45) is 1.56. The summed E-state index contributed by atoms with van der Waals surface area (Å²) < 4.78 is 15.4. The van der Waals surface area contributed by atoms with Gasteiger partial charge in [0.05, 0.1) is 5.52 Å². The third-order valence-electron chi connectivity index (χ3n) is 4.33. The second-order valence-electron chi connectivity index (χ2n) is 6.15. The summed E-state index contributed by atoms with van der Waals surface area (Å²) in [7, 11) is 0. The summed E-state index contributed by atoms with van der Waals surface area (Å²) in [5.41, 5.74) is 4.85. The Balaban J connectivity index is 2.26. The Morgan fingerprint density at radius 1 is 1.12 bits per heavy atom. The lowest BCUT2D eigenvalue weighted by Gasteiger charge is -2.16. The molecule has 1 aromatic heterocycles. The summed E-state index contributed by atoms with van der Waals surface area (Å²) in [6.45, 7) is 6.67. The number of rotatable bonds is 2. The molecule has 0 atom stereocenters. The average Bonchev–Trinajstić information content (AvgIpc) is 2.52. The van der Waals surface area contributed by atoms with Gasteiger partial charge in [-0.3, -0.25) is 4.79 Å². The third kappa shape index (κ3) is 2.69. The van der Waals surface area contributed by atoms with Crippen LogP contribution in [0.15, 0.2) is 41.3 Å². The van der Waals surface area contributed by atoms with Crippen LogP contribution < -0.4 is 5.43 Å². The number of halogens is 1. The lowest BCUT2D eigenvalue weighted by Crippen LogP contribution is -2.14. The number of nitrogens with zero attached hydrogens (tertiary/aromatic N) is 2. The van der Waals surface area contributed by atoms with Crippen molar-refractivity contribution in [1.82, 2.24) is 4.57 Å². The smallest absolute Gasteiger partial charge is 0.207 e. The molecule has 0 unspecified atom stereocenters. The average molecular weight is 320 g/mol. The van der Waals surface area contributed by atoms with E-state index >= 15 is 0 Å². The van der Waals surface area contributed by atoms with Gasteiger partial charge in [-0.2, -0.15) is 5.26 Å². The molecule has 1 heterocycles. The Labute approximate surface area is 139 Å². The highest BCUT2D eigenvalue weighted by Gasteiger charge is 2.12. The van der Waals surface area contributed by atoms with Crippen molar-refractivity contribution in [3.63, 3.8) is 0 Å². The minimum atomic E-state index is -0.482. The Morgan fingerprint density at radius 2 is 1.79 bits per heavy atom. The molecule has 0 amide bonds. The molecule has 0 fully saturated rings. The van der Waals surface area contributed by atoms with Crippen molar-refractivity contribution < 1.29 is 4.39 Å². The standard InChI is InChI=1S/C20H17FN2O/c1-12-6-13(2)18(14(3)7-12)11-23-10-15(9-22)20(24)17-8-16(21)4-5-19(17)23/h4-8,10H,11H2,1-3H3. The van der Waals surface area contributed by atoms with E-state index in [4.69, 9.17) is 0 Å². The molecule has 0 aliphatic rings. The molecule has 0 saturated carbocycles. The fourth-order valence-corrected chi connectivity index (χ4v) is 3.21. The first kappa shape index (κ1) is 15.9. The van der Waals surface area contributed by atoms with Crippen LogP contribution in [0.2, 0.25) is 0 Å². The predicted molar refractivity (Wildman–Crippen MR) is 92.6 cm³/mol. The van der Waals surface area contributed by atoms with E-state index in [9.17, 15) is 14.4 Å². The number of hydrogen-bond acceptors (Lipinski definition) is 2. The molecular weight excluding hydrogens is 303 g/mol. The molecule has 0 radical (unpaired) electrons. The SMILES string of the molecule is Cc1cc(C)c(Cn2cc(C#N)c(=O)c3cc(F)ccc32)c(C)c1. The van der Waals surface area contributed by atoms with Crippen molar-refractivity contribution in [3.8, 4) is 6.07 Å². The van der Waals surface area contributed by atoms with Crippen LogP contribution in [0, 0.1) is 37.9 Å². The van der Waals surface area contributed by atoms with Crippen LogP contribution in [0.5, 0.6) is 0 Å². The van der Waals surface area contributed by atoms with E-state index in [-0.39, 0.29) is 10.9 Å². The number of benzene rings is 2. The van der Waals surface area contributed by atoms with Crippen molar-refractivity contribution in [1.29, 1.82) is 5.26 Å². The molecular formula is C20H17FN2O. The van der Waals surface area contributed by atoms with Crippen LogP contribution in [-0.4, -0.2) is 4.57 Å². The summed E-state index contributed by atoms with van der Waals surface area (Å²) >= 11 is 0. The van der Waals surface area contributed by atoms with Crippen molar-refractivity contribution in [2.24, 2.45) is 0 Å². The maximum absolute atomic E-state index is 13.6. The zero-order valence-corrected chi connectivity index (χ0v) is 13.9. The molecule has 120 valence electrons. The normalized spacial score (nSPS) is 10.8. The zero-order chi connectivity index (χ0) is 17.4. The van der Waals surface area contributed by atoms with E-state index in [1.165, 1.54) is 17.7 Å². The van der Waals surface area contributed by atoms with Gasteiger partial charge < -0.3 is 4.57 Å². The van der Waals surface area contributed by atoms with Crippen molar-refractivity contribution in [3.05, 3.63) is 80.4 Å². The summed E-state index contributed by atoms with van der Waals surface area (Å²) in [5.74, 6) is -0.482. The molecule has 3 aromatic rings. The first-order chi connectivity index (χ1) is 11.4. The van der Waals surface area contributed by atoms with Crippen molar-refractivity contribution >= 4 is 10.9 Å².